The third kappa shape index (κ3) is 2.70. The van der Waals surface area contributed by atoms with Crippen molar-refractivity contribution in [3.63, 3.8) is 0 Å². The Morgan fingerprint density at radius 1 is 1.38 bits per heavy atom. The predicted octanol–water partition coefficient (Wildman–Crippen LogP) is 3.43. The van der Waals surface area contributed by atoms with Gasteiger partial charge in [-0.15, -0.1) is 11.3 Å². The molecule has 2 heterocycles. The van der Waals surface area contributed by atoms with Crippen LogP contribution < -0.4 is 5.56 Å². The summed E-state index contributed by atoms with van der Waals surface area (Å²) in [6, 6.07) is 9.75. The fraction of sp³-hybridized carbons (Fsp3) is 0.200. The predicted molar refractivity (Wildman–Crippen MR) is 88.6 cm³/mol. The van der Waals surface area contributed by atoms with Crippen LogP contribution in [-0.2, 0) is 11.3 Å². The molecule has 0 aliphatic carbocycles. The van der Waals surface area contributed by atoms with Gasteiger partial charge in [0.25, 0.3) is 5.56 Å². The van der Waals surface area contributed by atoms with Crippen LogP contribution in [0.1, 0.15) is 0 Å². The maximum absolute atomic E-state index is 11.8. The second-order valence-electron chi connectivity index (χ2n) is 4.61. The van der Waals surface area contributed by atoms with E-state index in [4.69, 9.17) is 17.0 Å². The molecular weight excluding hydrogens is 304 g/mol. The van der Waals surface area contributed by atoms with Crippen LogP contribution in [0.15, 0.2) is 40.5 Å². The van der Waals surface area contributed by atoms with E-state index in [9.17, 15) is 4.79 Å². The second-order valence-corrected chi connectivity index (χ2v) is 5.92. The average molecular weight is 318 g/mol. The van der Waals surface area contributed by atoms with Crippen LogP contribution in [0.4, 0.5) is 0 Å². The molecule has 6 heteroatoms. The molecular formula is C15H14N2O2S2. The molecule has 0 saturated heterocycles. The lowest BCUT2D eigenvalue weighted by Crippen LogP contribution is -2.16. The van der Waals surface area contributed by atoms with Gasteiger partial charge in [-0.2, -0.15) is 0 Å². The van der Waals surface area contributed by atoms with Crippen LogP contribution in [0, 0.1) is 4.77 Å². The molecule has 0 amide bonds. The summed E-state index contributed by atoms with van der Waals surface area (Å²) in [6.45, 7) is 1.14. The number of nitrogens with zero attached hydrogens (tertiary/aromatic N) is 1. The molecule has 2 aromatic heterocycles. The van der Waals surface area contributed by atoms with E-state index >= 15 is 0 Å². The summed E-state index contributed by atoms with van der Waals surface area (Å²) in [5.74, 6) is 0. The maximum Gasteiger partial charge on any atom is 0.252 e. The number of benzene rings is 1. The SMILES string of the molecule is COCCn1c(-c2cccc3ccsc23)cc(=O)[nH]c1=S. The number of methoxy groups -OCH3 is 1. The van der Waals surface area contributed by atoms with Gasteiger partial charge in [-0.05, 0) is 29.1 Å². The topological polar surface area (TPSA) is 47.0 Å². The lowest BCUT2D eigenvalue weighted by atomic mass is 10.1. The first-order chi connectivity index (χ1) is 10.2. The minimum atomic E-state index is -0.183. The lowest BCUT2D eigenvalue weighted by molar-refractivity contribution is 0.187. The van der Waals surface area contributed by atoms with Gasteiger partial charge in [-0.3, -0.25) is 9.78 Å². The average Bonchev–Trinajstić information content (AvgIpc) is 2.94. The Morgan fingerprint density at radius 2 is 2.24 bits per heavy atom. The highest BCUT2D eigenvalue weighted by Gasteiger charge is 2.10. The van der Waals surface area contributed by atoms with Crippen molar-refractivity contribution in [1.29, 1.82) is 0 Å². The van der Waals surface area contributed by atoms with Crippen molar-refractivity contribution < 1.29 is 4.74 Å². The molecule has 0 atom stereocenters. The van der Waals surface area contributed by atoms with E-state index < -0.39 is 0 Å². The monoisotopic (exact) mass is 318 g/mol. The summed E-state index contributed by atoms with van der Waals surface area (Å²) in [4.78, 5) is 14.5. The van der Waals surface area contributed by atoms with E-state index in [1.807, 2.05) is 16.7 Å². The van der Waals surface area contributed by atoms with Crippen LogP contribution >= 0.6 is 23.6 Å². The van der Waals surface area contributed by atoms with Crippen LogP contribution in [0.2, 0.25) is 0 Å². The van der Waals surface area contributed by atoms with Crippen LogP contribution in [0.5, 0.6) is 0 Å². The minimum absolute atomic E-state index is 0.183. The summed E-state index contributed by atoms with van der Waals surface area (Å²) in [5.41, 5.74) is 1.67. The summed E-state index contributed by atoms with van der Waals surface area (Å²) in [7, 11) is 1.65. The Kier molecular flexibility index (Phi) is 4.01. The fourth-order valence-electron chi connectivity index (χ4n) is 2.34. The highest BCUT2D eigenvalue weighted by Crippen LogP contribution is 2.31. The Balaban J connectivity index is 2.28. The van der Waals surface area contributed by atoms with E-state index in [0.29, 0.717) is 17.9 Å². The number of aromatic amines is 1. The van der Waals surface area contributed by atoms with Crippen molar-refractivity contribution in [2.75, 3.05) is 13.7 Å². The van der Waals surface area contributed by atoms with Crippen molar-refractivity contribution in [2.45, 2.75) is 6.54 Å². The molecule has 108 valence electrons. The molecule has 0 bridgehead atoms. The third-order valence-corrected chi connectivity index (χ3v) is 4.59. The Labute approximate surface area is 130 Å². The van der Waals surface area contributed by atoms with Crippen molar-refractivity contribution in [2.24, 2.45) is 0 Å². The van der Waals surface area contributed by atoms with Gasteiger partial charge in [0, 0.05) is 30.0 Å². The molecule has 21 heavy (non-hydrogen) atoms. The molecule has 0 radical (unpaired) electrons. The van der Waals surface area contributed by atoms with Gasteiger partial charge in [0.05, 0.1) is 12.3 Å². The number of fused-ring (bicyclic) bond motifs is 1. The third-order valence-electron chi connectivity index (χ3n) is 3.31. The standard InChI is InChI=1S/C15H14N2O2S2/c1-19-7-6-17-12(9-13(18)16-15(17)20)11-4-2-3-10-5-8-21-14(10)11/h2-5,8-9H,6-7H2,1H3,(H,16,18,20). The number of thiophene rings is 1. The zero-order valence-electron chi connectivity index (χ0n) is 11.5. The molecule has 4 nitrogen and oxygen atoms in total. The molecule has 1 N–H and O–H groups in total. The molecule has 0 saturated carbocycles. The van der Waals surface area contributed by atoms with E-state index in [1.165, 1.54) is 5.39 Å². The summed E-state index contributed by atoms with van der Waals surface area (Å²) in [5, 5.41) is 3.22. The van der Waals surface area contributed by atoms with Gasteiger partial charge in [-0.1, -0.05) is 18.2 Å². The van der Waals surface area contributed by atoms with Crippen molar-refractivity contribution in [3.05, 3.63) is 50.8 Å². The lowest BCUT2D eigenvalue weighted by Gasteiger charge is -2.13. The first kappa shape index (κ1) is 14.2. The molecule has 3 rings (SSSR count). The second kappa shape index (κ2) is 5.93. The number of rotatable bonds is 4. The highest BCUT2D eigenvalue weighted by atomic mass is 32.1. The molecule has 0 spiro atoms. The van der Waals surface area contributed by atoms with Gasteiger partial charge >= 0.3 is 0 Å². The maximum atomic E-state index is 11.8. The fourth-order valence-corrected chi connectivity index (χ4v) is 3.56. The first-order valence-corrected chi connectivity index (χ1v) is 7.79. The number of hydrogen-bond acceptors (Lipinski definition) is 4. The zero-order chi connectivity index (χ0) is 14.8. The van der Waals surface area contributed by atoms with E-state index in [2.05, 4.69) is 22.5 Å². The first-order valence-electron chi connectivity index (χ1n) is 6.50. The quantitative estimate of drug-likeness (QED) is 0.750. The van der Waals surface area contributed by atoms with Crippen LogP contribution in [0.3, 0.4) is 0 Å². The van der Waals surface area contributed by atoms with Gasteiger partial charge < -0.3 is 9.30 Å². The smallest absolute Gasteiger partial charge is 0.252 e. The number of ether oxygens (including phenoxy) is 1. The van der Waals surface area contributed by atoms with Gasteiger partial charge in [0.1, 0.15) is 0 Å². The number of aromatic nitrogens is 2. The van der Waals surface area contributed by atoms with Crippen molar-refractivity contribution >= 4 is 33.6 Å². The molecule has 0 aliphatic rings. The van der Waals surface area contributed by atoms with E-state index in [-0.39, 0.29) is 5.56 Å². The van der Waals surface area contributed by atoms with Crippen LogP contribution in [0.25, 0.3) is 21.3 Å². The Morgan fingerprint density at radius 3 is 3.05 bits per heavy atom. The number of nitrogens with one attached hydrogen (secondary N) is 1. The van der Waals surface area contributed by atoms with Gasteiger partial charge in [0.15, 0.2) is 4.77 Å². The van der Waals surface area contributed by atoms with Crippen LogP contribution in [-0.4, -0.2) is 23.3 Å². The van der Waals surface area contributed by atoms with Crippen molar-refractivity contribution in [3.8, 4) is 11.3 Å². The van der Waals surface area contributed by atoms with E-state index in [0.717, 1.165) is 16.0 Å². The normalized spacial score (nSPS) is 11.1. The summed E-state index contributed by atoms with van der Waals surface area (Å²) in [6.07, 6.45) is 0. The van der Waals surface area contributed by atoms with E-state index in [1.54, 1.807) is 24.5 Å². The number of H-pyrrole nitrogens is 1. The molecule has 0 unspecified atom stereocenters. The molecule has 3 aromatic rings. The molecule has 0 fully saturated rings. The van der Waals surface area contributed by atoms with Gasteiger partial charge in [0.2, 0.25) is 0 Å². The molecule has 1 aromatic carbocycles. The Bertz CT molecular complexity index is 892. The highest BCUT2D eigenvalue weighted by molar-refractivity contribution is 7.71. The zero-order valence-corrected chi connectivity index (χ0v) is 13.1. The largest absolute Gasteiger partial charge is 0.383 e. The molecule has 0 aliphatic heterocycles. The van der Waals surface area contributed by atoms with Gasteiger partial charge in [-0.25, -0.2) is 0 Å². The number of hydrogen-bond donors (Lipinski definition) is 1. The Hall–Kier alpha value is -1.76. The summed E-state index contributed by atoms with van der Waals surface area (Å²) < 4.78 is 8.62. The minimum Gasteiger partial charge on any atom is -0.383 e. The summed E-state index contributed by atoms with van der Waals surface area (Å²) >= 11 is 6.96. The van der Waals surface area contributed by atoms with Crippen molar-refractivity contribution in [1.82, 2.24) is 9.55 Å².